The first-order valence-corrected chi connectivity index (χ1v) is 11.2. The lowest BCUT2D eigenvalue weighted by molar-refractivity contribution is -0.141. The highest BCUT2D eigenvalue weighted by atomic mass is 16.5. The standard InChI is InChI=1S/C27H21N5O3/c1-35-27(34)21-13-15(9-12-29-21)26(33)32-24-17-6-3-2-5-16(17)23-18(24)7-4-8-19(23)25-30-20-10-11-28-14-22(20)31-25/h2-14,21,24,29H,1H3,(H,30,31)(H,32,33). The lowest BCUT2D eigenvalue weighted by Gasteiger charge is -2.20. The van der Waals surface area contributed by atoms with E-state index in [0.29, 0.717) is 5.57 Å². The highest BCUT2D eigenvalue weighted by Gasteiger charge is 2.33. The number of carbonyl (C=O) groups is 2. The molecule has 8 heteroatoms. The average molecular weight is 463 g/mol. The topological polar surface area (TPSA) is 109 Å². The Labute approximate surface area is 200 Å². The normalized spacial score (nSPS) is 17.8. The maximum absolute atomic E-state index is 13.3. The quantitative estimate of drug-likeness (QED) is 0.400. The number of dihydropyridines is 1. The van der Waals surface area contributed by atoms with Gasteiger partial charge >= 0.3 is 5.97 Å². The zero-order valence-electron chi connectivity index (χ0n) is 18.8. The van der Waals surface area contributed by atoms with Gasteiger partial charge in [0, 0.05) is 17.3 Å². The lowest BCUT2D eigenvalue weighted by Crippen LogP contribution is -2.37. The number of imidazole rings is 1. The van der Waals surface area contributed by atoms with E-state index >= 15 is 0 Å². The molecule has 0 fully saturated rings. The van der Waals surface area contributed by atoms with Crippen molar-refractivity contribution in [3.05, 3.63) is 96.0 Å². The van der Waals surface area contributed by atoms with Crippen molar-refractivity contribution < 1.29 is 14.3 Å². The fourth-order valence-electron chi connectivity index (χ4n) is 4.75. The van der Waals surface area contributed by atoms with Gasteiger partial charge in [0.25, 0.3) is 5.91 Å². The predicted octanol–water partition coefficient (Wildman–Crippen LogP) is 3.40. The van der Waals surface area contributed by atoms with Crippen LogP contribution in [0.3, 0.4) is 0 Å². The van der Waals surface area contributed by atoms with Crippen molar-refractivity contribution in [2.24, 2.45) is 0 Å². The van der Waals surface area contributed by atoms with E-state index in [0.717, 1.165) is 44.7 Å². The molecule has 2 atom stereocenters. The number of pyridine rings is 1. The Kier molecular flexibility index (Phi) is 4.92. The van der Waals surface area contributed by atoms with E-state index in [4.69, 9.17) is 9.72 Å². The second-order valence-corrected chi connectivity index (χ2v) is 8.36. The van der Waals surface area contributed by atoms with Crippen LogP contribution in [0.4, 0.5) is 0 Å². The molecule has 0 bridgehead atoms. The van der Waals surface area contributed by atoms with Gasteiger partial charge < -0.3 is 20.4 Å². The number of nitrogens with one attached hydrogen (secondary N) is 3. The first-order chi connectivity index (χ1) is 17.1. The van der Waals surface area contributed by atoms with Crippen molar-refractivity contribution in [3.63, 3.8) is 0 Å². The average Bonchev–Trinajstić information content (AvgIpc) is 3.48. The van der Waals surface area contributed by atoms with Crippen LogP contribution in [0.25, 0.3) is 33.5 Å². The molecule has 2 aromatic heterocycles. The molecule has 8 nitrogen and oxygen atoms in total. The largest absolute Gasteiger partial charge is 0.467 e. The molecule has 4 aromatic rings. The maximum atomic E-state index is 13.3. The molecule has 3 N–H and O–H groups in total. The van der Waals surface area contributed by atoms with E-state index < -0.39 is 12.0 Å². The number of benzene rings is 2. The van der Waals surface area contributed by atoms with E-state index in [9.17, 15) is 9.59 Å². The molecule has 2 unspecified atom stereocenters. The van der Waals surface area contributed by atoms with Crippen molar-refractivity contribution in [1.82, 2.24) is 25.6 Å². The van der Waals surface area contributed by atoms with Crippen molar-refractivity contribution in [2.75, 3.05) is 7.11 Å². The summed E-state index contributed by atoms with van der Waals surface area (Å²) in [6.07, 6.45) is 8.28. The number of methoxy groups -OCH3 is 1. The van der Waals surface area contributed by atoms with Crippen LogP contribution in [0, 0.1) is 0 Å². The zero-order valence-corrected chi connectivity index (χ0v) is 18.8. The van der Waals surface area contributed by atoms with Crippen molar-refractivity contribution >= 4 is 22.9 Å². The molecule has 172 valence electrons. The number of hydrogen-bond donors (Lipinski definition) is 3. The van der Waals surface area contributed by atoms with E-state index in [1.54, 1.807) is 30.7 Å². The molecule has 0 spiro atoms. The molecule has 2 aliphatic rings. The first-order valence-electron chi connectivity index (χ1n) is 11.2. The van der Waals surface area contributed by atoms with E-state index in [1.807, 2.05) is 42.5 Å². The molecule has 0 saturated carbocycles. The number of esters is 1. The molecular formula is C27H21N5O3. The Morgan fingerprint density at radius 2 is 1.86 bits per heavy atom. The van der Waals surface area contributed by atoms with Crippen molar-refractivity contribution in [2.45, 2.75) is 12.1 Å². The van der Waals surface area contributed by atoms with Gasteiger partial charge in [-0.3, -0.25) is 9.78 Å². The van der Waals surface area contributed by atoms with Gasteiger partial charge in [-0.05, 0) is 46.7 Å². The number of H-pyrrole nitrogens is 1. The minimum atomic E-state index is -0.705. The second-order valence-electron chi connectivity index (χ2n) is 8.36. The first kappa shape index (κ1) is 20.9. The van der Waals surface area contributed by atoms with Gasteiger partial charge in [0.05, 0.1) is 30.4 Å². The fourth-order valence-corrected chi connectivity index (χ4v) is 4.75. The number of fused-ring (bicyclic) bond motifs is 4. The summed E-state index contributed by atoms with van der Waals surface area (Å²) in [7, 11) is 1.32. The Morgan fingerprint density at radius 1 is 1.03 bits per heavy atom. The molecule has 1 aliphatic carbocycles. The highest BCUT2D eigenvalue weighted by molar-refractivity contribution is 6.00. The third-order valence-electron chi connectivity index (χ3n) is 6.36. The number of aromatic amines is 1. The van der Waals surface area contributed by atoms with Gasteiger partial charge in [0.2, 0.25) is 0 Å². The van der Waals surface area contributed by atoms with Crippen LogP contribution in [0.2, 0.25) is 0 Å². The summed E-state index contributed by atoms with van der Waals surface area (Å²) in [4.78, 5) is 37.5. The Bertz CT molecular complexity index is 1520. The number of aromatic nitrogens is 3. The Balaban J connectivity index is 1.41. The number of hydrogen-bond acceptors (Lipinski definition) is 6. The summed E-state index contributed by atoms with van der Waals surface area (Å²) in [5.41, 5.74) is 7.12. The van der Waals surface area contributed by atoms with Crippen LogP contribution in [0.5, 0.6) is 0 Å². The molecule has 0 saturated heterocycles. The van der Waals surface area contributed by atoms with Gasteiger partial charge in [-0.1, -0.05) is 42.5 Å². The minimum absolute atomic E-state index is 0.274. The SMILES string of the molecule is COC(=O)C1C=C(C(=O)NC2c3ccccc3-c3c(-c4nc5ccncc5[nH]4)cccc32)C=CN1. The Morgan fingerprint density at radius 3 is 2.71 bits per heavy atom. The highest BCUT2D eigenvalue weighted by Crippen LogP contribution is 2.47. The molecule has 2 aromatic carbocycles. The van der Waals surface area contributed by atoms with Crippen LogP contribution in [-0.4, -0.2) is 40.0 Å². The maximum Gasteiger partial charge on any atom is 0.332 e. The van der Waals surface area contributed by atoms with E-state index in [1.165, 1.54) is 7.11 Å². The van der Waals surface area contributed by atoms with E-state index in [-0.39, 0.29) is 11.9 Å². The van der Waals surface area contributed by atoms with Gasteiger partial charge in [-0.2, -0.15) is 0 Å². The summed E-state index contributed by atoms with van der Waals surface area (Å²) in [6, 6.07) is 14.9. The van der Waals surface area contributed by atoms with Gasteiger partial charge in [-0.25, -0.2) is 9.78 Å². The lowest BCUT2D eigenvalue weighted by atomic mass is 9.98. The van der Waals surface area contributed by atoms with Crippen LogP contribution >= 0.6 is 0 Å². The van der Waals surface area contributed by atoms with Crippen LogP contribution in [0.1, 0.15) is 17.2 Å². The summed E-state index contributed by atoms with van der Waals surface area (Å²) in [5, 5.41) is 6.05. The zero-order chi connectivity index (χ0) is 23.9. The van der Waals surface area contributed by atoms with Crippen LogP contribution in [-0.2, 0) is 14.3 Å². The number of ether oxygens (including phenoxy) is 1. The van der Waals surface area contributed by atoms with Crippen LogP contribution in [0.15, 0.2) is 84.8 Å². The molecular weight excluding hydrogens is 442 g/mol. The number of amides is 1. The van der Waals surface area contributed by atoms with Gasteiger partial charge in [0.1, 0.15) is 11.9 Å². The second kappa shape index (κ2) is 8.25. The summed E-state index contributed by atoms with van der Waals surface area (Å²) >= 11 is 0. The monoisotopic (exact) mass is 463 g/mol. The molecule has 3 heterocycles. The van der Waals surface area contributed by atoms with E-state index in [2.05, 4.69) is 26.7 Å². The van der Waals surface area contributed by atoms with Gasteiger partial charge in [0.15, 0.2) is 0 Å². The Hall–Kier alpha value is -4.72. The third kappa shape index (κ3) is 3.47. The van der Waals surface area contributed by atoms with Crippen molar-refractivity contribution in [3.8, 4) is 22.5 Å². The number of carbonyl (C=O) groups excluding carboxylic acids is 2. The molecule has 0 radical (unpaired) electrons. The van der Waals surface area contributed by atoms with Crippen molar-refractivity contribution in [1.29, 1.82) is 0 Å². The summed E-state index contributed by atoms with van der Waals surface area (Å²) < 4.78 is 4.80. The molecule has 1 aliphatic heterocycles. The summed E-state index contributed by atoms with van der Waals surface area (Å²) in [5.74, 6) is 0.0166. The van der Waals surface area contributed by atoms with Gasteiger partial charge in [-0.15, -0.1) is 0 Å². The third-order valence-corrected chi connectivity index (χ3v) is 6.36. The molecule has 35 heavy (non-hydrogen) atoms. The van der Waals surface area contributed by atoms with Crippen LogP contribution < -0.4 is 10.6 Å². The predicted molar refractivity (Wildman–Crippen MR) is 131 cm³/mol. The number of rotatable bonds is 4. The smallest absolute Gasteiger partial charge is 0.332 e. The number of nitrogens with zero attached hydrogens (tertiary/aromatic N) is 2. The molecule has 6 rings (SSSR count). The fraction of sp³-hybridized carbons (Fsp3) is 0.111. The summed E-state index contributed by atoms with van der Waals surface area (Å²) in [6.45, 7) is 0. The molecule has 1 amide bonds. The minimum Gasteiger partial charge on any atom is -0.467 e.